The monoisotopic (exact) mass is 391 g/mol. The van der Waals surface area contributed by atoms with Gasteiger partial charge < -0.3 is 14.8 Å². The number of hydrazone groups is 1. The highest BCUT2D eigenvalue weighted by molar-refractivity contribution is 7.80. The van der Waals surface area contributed by atoms with Crippen LogP contribution in [0.25, 0.3) is 0 Å². The zero-order chi connectivity index (χ0) is 19.6. The van der Waals surface area contributed by atoms with Crippen molar-refractivity contribution in [3.8, 4) is 11.5 Å². The molecule has 0 aromatic heterocycles. The van der Waals surface area contributed by atoms with Crippen LogP contribution in [-0.2, 0) is 6.61 Å². The second kappa shape index (κ2) is 10.1. The number of hydrogen-bond donors (Lipinski definition) is 2. The molecular weight excluding hydrogens is 370 g/mol. The largest absolute Gasteiger partial charge is 0.497 e. The zero-order valence-electron chi connectivity index (χ0n) is 15.5. The molecular formula is C22H21N3O2S. The van der Waals surface area contributed by atoms with E-state index in [1.165, 1.54) is 0 Å². The van der Waals surface area contributed by atoms with Gasteiger partial charge in [0.1, 0.15) is 18.1 Å². The number of nitrogens with one attached hydrogen (secondary N) is 2. The van der Waals surface area contributed by atoms with Crippen molar-refractivity contribution in [3.63, 3.8) is 0 Å². The minimum absolute atomic E-state index is 0.393. The SMILES string of the molecule is COc1ccc(NC(=S)N/N=C/c2ccccc2OCc2ccccc2)cc1. The smallest absolute Gasteiger partial charge is 0.191 e. The lowest BCUT2D eigenvalue weighted by molar-refractivity contribution is 0.306. The molecule has 0 unspecified atom stereocenters. The van der Waals surface area contributed by atoms with E-state index in [4.69, 9.17) is 21.7 Å². The molecule has 3 aromatic rings. The molecule has 28 heavy (non-hydrogen) atoms. The Morgan fingerprint density at radius 1 is 0.964 bits per heavy atom. The van der Waals surface area contributed by atoms with E-state index in [2.05, 4.69) is 15.8 Å². The number of benzene rings is 3. The molecule has 0 spiro atoms. The van der Waals surface area contributed by atoms with Gasteiger partial charge in [-0.2, -0.15) is 5.10 Å². The summed E-state index contributed by atoms with van der Waals surface area (Å²) in [5.41, 5.74) is 5.63. The van der Waals surface area contributed by atoms with Crippen molar-refractivity contribution in [1.82, 2.24) is 5.43 Å². The van der Waals surface area contributed by atoms with Crippen molar-refractivity contribution >= 4 is 29.2 Å². The van der Waals surface area contributed by atoms with Gasteiger partial charge in [-0.15, -0.1) is 0 Å². The maximum Gasteiger partial charge on any atom is 0.191 e. The van der Waals surface area contributed by atoms with Crippen molar-refractivity contribution < 1.29 is 9.47 Å². The van der Waals surface area contributed by atoms with Gasteiger partial charge in [-0.3, -0.25) is 5.43 Å². The third kappa shape index (κ3) is 5.82. The van der Waals surface area contributed by atoms with Crippen LogP contribution in [0, 0.1) is 0 Å². The van der Waals surface area contributed by atoms with E-state index in [1.807, 2.05) is 78.9 Å². The van der Waals surface area contributed by atoms with Crippen LogP contribution in [0.4, 0.5) is 5.69 Å². The summed E-state index contributed by atoms with van der Waals surface area (Å²) in [7, 11) is 1.63. The molecule has 5 nitrogen and oxygen atoms in total. The molecule has 142 valence electrons. The Balaban J connectivity index is 1.55. The highest BCUT2D eigenvalue weighted by Crippen LogP contribution is 2.18. The Hall–Kier alpha value is -3.38. The summed E-state index contributed by atoms with van der Waals surface area (Å²) >= 11 is 5.26. The van der Waals surface area contributed by atoms with Crippen LogP contribution in [-0.4, -0.2) is 18.4 Å². The predicted octanol–water partition coefficient (Wildman–Crippen LogP) is 4.59. The molecule has 0 bridgehead atoms. The normalized spacial score (nSPS) is 10.5. The van der Waals surface area contributed by atoms with Crippen LogP contribution in [0.2, 0.25) is 0 Å². The molecule has 3 rings (SSSR count). The summed E-state index contributed by atoms with van der Waals surface area (Å²) in [6, 6.07) is 25.2. The fraction of sp³-hybridized carbons (Fsp3) is 0.0909. The third-order valence-electron chi connectivity index (χ3n) is 3.87. The van der Waals surface area contributed by atoms with E-state index >= 15 is 0 Å². The highest BCUT2D eigenvalue weighted by Gasteiger charge is 2.02. The molecule has 0 saturated heterocycles. The number of thiocarbonyl (C=S) groups is 1. The van der Waals surface area contributed by atoms with Gasteiger partial charge in [0.25, 0.3) is 0 Å². The standard InChI is InChI=1S/C22H21N3O2S/c1-26-20-13-11-19(12-14-20)24-22(28)25-23-15-18-9-5-6-10-21(18)27-16-17-7-3-2-4-8-17/h2-15H,16H2,1H3,(H2,24,25,28)/b23-15+. The van der Waals surface area contributed by atoms with E-state index in [-0.39, 0.29) is 0 Å². The molecule has 2 N–H and O–H groups in total. The molecule has 0 fully saturated rings. The van der Waals surface area contributed by atoms with Crippen LogP contribution in [0.3, 0.4) is 0 Å². The van der Waals surface area contributed by atoms with Crippen LogP contribution >= 0.6 is 12.2 Å². The van der Waals surface area contributed by atoms with Crippen molar-refractivity contribution in [2.75, 3.05) is 12.4 Å². The van der Waals surface area contributed by atoms with E-state index in [9.17, 15) is 0 Å². The van der Waals surface area contributed by atoms with Gasteiger partial charge in [0.05, 0.1) is 13.3 Å². The predicted molar refractivity (Wildman–Crippen MR) is 117 cm³/mol. The number of methoxy groups -OCH3 is 1. The third-order valence-corrected chi connectivity index (χ3v) is 4.07. The lowest BCUT2D eigenvalue weighted by Gasteiger charge is -2.10. The fourth-order valence-electron chi connectivity index (χ4n) is 2.45. The molecule has 0 aliphatic carbocycles. The summed E-state index contributed by atoms with van der Waals surface area (Å²) in [6.45, 7) is 0.497. The van der Waals surface area contributed by atoms with Crippen LogP contribution < -0.4 is 20.2 Å². The molecule has 0 saturated carbocycles. The van der Waals surface area contributed by atoms with Crippen LogP contribution in [0.5, 0.6) is 11.5 Å². The van der Waals surface area contributed by atoms with Crippen molar-refractivity contribution in [3.05, 3.63) is 90.0 Å². The lowest BCUT2D eigenvalue weighted by Crippen LogP contribution is -2.23. The summed E-state index contributed by atoms with van der Waals surface area (Å²) in [6.07, 6.45) is 1.68. The molecule has 0 radical (unpaired) electrons. The Bertz CT molecular complexity index is 928. The summed E-state index contributed by atoms with van der Waals surface area (Å²) < 4.78 is 11.1. The van der Waals surface area contributed by atoms with Gasteiger partial charge in [-0.25, -0.2) is 0 Å². The van der Waals surface area contributed by atoms with Crippen LogP contribution in [0.15, 0.2) is 84.0 Å². The van der Waals surface area contributed by atoms with Crippen molar-refractivity contribution in [1.29, 1.82) is 0 Å². The average Bonchev–Trinajstić information content (AvgIpc) is 2.74. The molecule has 0 aliphatic heterocycles. The molecule has 0 amide bonds. The summed E-state index contributed by atoms with van der Waals surface area (Å²) in [4.78, 5) is 0. The Morgan fingerprint density at radius 3 is 2.43 bits per heavy atom. The number of ether oxygens (including phenoxy) is 2. The van der Waals surface area contributed by atoms with Gasteiger partial charge in [-0.05, 0) is 54.2 Å². The van der Waals surface area contributed by atoms with Crippen molar-refractivity contribution in [2.24, 2.45) is 5.10 Å². The minimum Gasteiger partial charge on any atom is -0.497 e. The van der Waals surface area contributed by atoms with Gasteiger partial charge in [-0.1, -0.05) is 42.5 Å². The first-order chi connectivity index (χ1) is 13.7. The number of anilines is 1. The number of rotatable bonds is 7. The first-order valence-corrected chi connectivity index (χ1v) is 9.15. The fourth-order valence-corrected chi connectivity index (χ4v) is 2.62. The lowest BCUT2D eigenvalue weighted by atomic mass is 10.2. The Morgan fingerprint density at radius 2 is 1.68 bits per heavy atom. The summed E-state index contributed by atoms with van der Waals surface area (Å²) in [5, 5.41) is 7.66. The van der Waals surface area contributed by atoms with Gasteiger partial charge in [0.2, 0.25) is 0 Å². The molecule has 0 heterocycles. The summed E-state index contributed by atoms with van der Waals surface area (Å²) in [5.74, 6) is 1.54. The number of nitrogens with zero attached hydrogens (tertiary/aromatic N) is 1. The second-order valence-electron chi connectivity index (χ2n) is 5.86. The van der Waals surface area contributed by atoms with Gasteiger partial charge in [0.15, 0.2) is 5.11 Å². The van der Waals surface area contributed by atoms with E-state index in [0.29, 0.717) is 11.7 Å². The molecule has 0 atom stereocenters. The van der Waals surface area contributed by atoms with E-state index in [1.54, 1.807) is 13.3 Å². The average molecular weight is 391 g/mol. The van der Waals surface area contributed by atoms with E-state index in [0.717, 1.165) is 28.3 Å². The zero-order valence-corrected chi connectivity index (χ0v) is 16.3. The Labute approximate surface area is 170 Å². The number of hydrogen-bond acceptors (Lipinski definition) is 4. The quantitative estimate of drug-likeness (QED) is 0.350. The molecule has 6 heteroatoms. The first-order valence-electron chi connectivity index (χ1n) is 8.74. The highest BCUT2D eigenvalue weighted by atomic mass is 32.1. The molecule has 3 aromatic carbocycles. The minimum atomic E-state index is 0.393. The van der Waals surface area contributed by atoms with Crippen molar-refractivity contribution in [2.45, 2.75) is 6.61 Å². The van der Waals surface area contributed by atoms with E-state index < -0.39 is 0 Å². The molecule has 0 aliphatic rings. The van der Waals surface area contributed by atoms with Gasteiger partial charge >= 0.3 is 0 Å². The van der Waals surface area contributed by atoms with Gasteiger partial charge in [0, 0.05) is 11.3 Å². The number of para-hydroxylation sites is 1. The maximum atomic E-state index is 5.92. The maximum absolute atomic E-state index is 5.92. The first kappa shape index (κ1) is 19.4. The Kier molecular flexibility index (Phi) is 6.98. The van der Waals surface area contributed by atoms with Crippen LogP contribution in [0.1, 0.15) is 11.1 Å². The topological polar surface area (TPSA) is 54.9 Å². The second-order valence-corrected chi connectivity index (χ2v) is 6.27.